The van der Waals surface area contributed by atoms with Gasteiger partial charge in [-0.2, -0.15) is 0 Å². The Labute approximate surface area is 133 Å². The van der Waals surface area contributed by atoms with Crippen LogP contribution >= 0.6 is 27.3 Å². The highest BCUT2D eigenvalue weighted by Gasteiger charge is 2.15. The van der Waals surface area contributed by atoms with Gasteiger partial charge in [-0.1, -0.05) is 6.92 Å². The molecule has 112 valence electrons. The minimum Gasteiger partial charge on any atom is -0.351 e. The molecule has 2 rings (SSSR count). The normalized spacial score (nSPS) is 17.4. The molecule has 2 heterocycles. The van der Waals surface area contributed by atoms with Gasteiger partial charge in [0, 0.05) is 6.54 Å². The number of nitrogens with one attached hydrogen (secondary N) is 1. The van der Waals surface area contributed by atoms with Crippen molar-refractivity contribution in [2.24, 2.45) is 5.92 Å². The number of rotatable bonds is 5. The van der Waals surface area contributed by atoms with Gasteiger partial charge in [0.25, 0.3) is 5.91 Å². The molecule has 1 aliphatic rings. The van der Waals surface area contributed by atoms with Gasteiger partial charge in [-0.3, -0.25) is 4.79 Å². The summed E-state index contributed by atoms with van der Waals surface area (Å²) in [5, 5.41) is 3.01. The number of carbonyl (C=O) groups excluding carboxylic acids is 1. The van der Waals surface area contributed by atoms with Crippen LogP contribution in [0.4, 0.5) is 0 Å². The predicted octanol–water partition coefficient (Wildman–Crippen LogP) is 3.67. The smallest absolute Gasteiger partial charge is 0.261 e. The SMILES string of the molecule is Cc1cc(C(=O)NCCCN2CCC(C)CC2)sc1Br. The van der Waals surface area contributed by atoms with Crippen LogP contribution in [0.25, 0.3) is 0 Å². The lowest BCUT2D eigenvalue weighted by atomic mass is 9.99. The zero-order chi connectivity index (χ0) is 14.5. The first-order valence-electron chi connectivity index (χ1n) is 7.32. The standard InChI is InChI=1S/C15H23BrN2OS/c1-11-4-8-18(9-5-11)7-3-6-17-15(19)13-10-12(2)14(16)20-13/h10-11H,3-9H2,1-2H3,(H,17,19). The predicted molar refractivity (Wildman–Crippen MR) is 88.5 cm³/mol. The minimum atomic E-state index is 0.0519. The molecule has 0 aliphatic carbocycles. The van der Waals surface area contributed by atoms with Gasteiger partial charge >= 0.3 is 0 Å². The summed E-state index contributed by atoms with van der Waals surface area (Å²) in [5.41, 5.74) is 1.13. The van der Waals surface area contributed by atoms with Gasteiger partial charge in [-0.25, -0.2) is 0 Å². The molecular weight excluding hydrogens is 336 g/mol. The number of thiophene rings is 1. The molecule has 1 aliphatic heterocycles. The van der Waals surface area contributed by atoms with Gasteiger partial charge in [-0.05, 0) is 79.3 Å². The van der Waals surface area contributed by atoms with Crippen molar-refractivity contribution in [1.82, 2.24) is 10.2 Å². The summed E-state index contributed by atoms with van der Waals surface area (Å²) < 4.78 is 1.05. The molecule has 0 radical (unpaired) electrons. The maximum absolute atomic E-state index is 12.0. The Morgan fingerprint density at radius 2 is 2.20 bits per heavy atom. The maximum atomic E-state index is 12.0. The summed E-state index contributed by atoms with van der Waals surface area (Å²) in [6.07, 6.45) is 3.66. The molecule has 20 heavy (non-hydrogen) atoms. The Morgan fingerprint density at radius 1 is 1.50 bits per heavy atom. The van der Waals surface area contributed by atoms with Crippen LogP contribution in [0, 0.1) is 12.8 Å². The van der Waals surface area contributed by atoms with Crippen LogP contribution in [-0.2, 0) is 0 Å². The molecule has 0 aromatic carbocycles. The lowest BCUT2D eigenvalue weighted by Gasteiger charge is -2.30. The van der Waals surface area contributed by atoms with E-state index in [1.54, 1.807) is 0 Å². The van der Waals surface area contributed by atoms with Crippen molar-refractivity contribution in [2.45, 2.75) is 33.1 Å². The summed E-state index contributed by atoms with van der Waals surface area (Å²) in [7, 11) is 0. The fourth-order valence-electron chi connectivity index (χ4n) is 2.45. The number of piperidine rings is 1. The summed E-state index contributed by atoms with van der Waals surface area (Å²) in [4.78, 5) is 15.3. The molecule has 1 aromatic heterocycles. The second-order valence-electron chi connectivity index (χ2n) is 5.70. The van der Waals surface area contributed by atoms with Crippen LogP contribution in [-0.4, -0.2) is 37.0 Å². The summed E-state index contributed by atoms with van der Waals surface area (Å²) in [5.74, 6) is 0.933. The molecule has 1 amide bonds. The third-order valence-electron chi connectivity index (χ3n) is 3.89. The first-order chi connectivity index (χ1) is 9.56. The van der Waals surface area contributed by atoms with E-state index in [4.69, 9.17) is 0 Å². The van der Waals surface area contributed by atoms with Crippen LogP contribution in [0.3, 0.4) is 0 Å². The molecule has 0 spiro atoms. The second kappa shape index (κ2) is 7.57. The number of likely N-dealkylation sites (tertiary alicyclic amines) is 1. The highest BCUT2D eigenvalue weighted by atomic mass is 79.9. The second-order valence-corrected chi connectivity index (χ2v) is 8.07. The molecule has 3 nitrogen and oxygen atoms in total. The Balaban J connectivity index is 1.64. The number of nitrogens with zero attached hydrogens (tertiary/aromatic N) is 1. The van der Waals surface area contributed by atoms with E-state index in [9.17, 15) is 4.79 Å². The summed E-state index contributed by atoms with van der Waals surface area (Å²) >= 11 is 4.96. The van der Waals surface area contributed by atoms with E-state index in [1.807, 2.05) is 13.0 Å². The van der Waals surface area contributed by atoms with Crippen molar-refractivity contribution in [2.75, 3.05) is 26.2 Å². The van der Waals surface area contributed by atoms with E-state index < -0.39 is 0 Å². The number of aryl methyl sites for hydroxylation is 1. The lowest BCUT2D eigenvalue weighted by Crippen LogP contribution is -2.35. The zero-order valence-corrected chi connectivity index (χ0v) is 14.6. The fourth-order valence-corrected chi connectivity index (χ4v) is 3.90. The molecule has 1 aromatic rings. The van der Waals surface area contributed by atoms with Gasteiger partial charge in [0.15, 0.2) is 0 Å². The molecule has 0 bridgehead atoms. The van der Waals surface area contributed by atoms with Crippen molar-refractivity contribution in [3.05, 3.63) is 20.3 Å². The average Bonchev–Trinajstić information content (AvgIpc) is 2.77. The largest absolute Gasteiger partial charge is 0.351 e. The Bertz CT molecular complexity index is 433. The lowest BCUT2D eigenvalue weighted by molar-refractivity contribution is 0.0954. The Morgan fingerprint density at radius 3 is 2.80 bits per heavy atom. The van der Waals surface area contributed by atoms with E-state index in [-0.39, 0.29) is 5.91 Å². The van der Waals surface area contributed by atoms with Crippen LogP contribution < -0.4 is 5.32 Å². The van der Waals surface area contributed by atoms with E-state index >= 15 is 0 Å². The number of amides is 1. The van der Waals surface area contributed by atoms with Crippen molar-refractivity contribution < 1.29 is 4.79 Å². The van der Waals surface area contributed by atoms with Crippen LogP contribution in [0.2, 0.25) is 0 Å². The monoisotopic (exact) mass is 358 g/mol. The van der Waals surface area contributed by atoms with Crippen molar-refractivity contribution in [3.8, 4) is 0 Å². The fraction of sp³-hybridized carbons (Fsp3) is 0.667. The van der Waals surface area contributed by atoms with E-state index in [0.29, 0.717) is 0 Å². The average molecular weight is 359 g/mol. The molecule has 0 saturated carbocycles. The van der Waals surface area contributed by atoms with Crippen molar-refractivity contribution in [1.29, 1.82) is 0 Å². The number of carbonyl (C=O) groups is 1. The highest BCUT2D eigenvalue weighted by molar-refractivity contribution is 9.11. The molecular formula is C15H23BrN2OS. The first kappa shape index (κ1) is 16.0. The van der Waals surface area contributed by atoms with Crippen LogP contribution in [0.1, 0.15) is 41.4 Å². The number of halogens is 1. The summed E-state index contributed by atoms with van der Waals surface area (Å²) in [6, 6.07) is 1.94. The Hall–Kier alpha value is -0.390. The number of hydrogen-bond acceptors (Lipinski definition) is 3. The van der Waals surface area contributed by atoms with Gasteiger partial charge in [-0.15, -0.1) is 11.3 Å². The van der Waals surface area contributed by atoms with Crippen LogP contribution in [0.5, 0.6) is 0 Å². The molecule has 0 atom stereocenters. The number of hydrogen-bond donors (Lipinski definition) is 1. The van der Waals surface area contributed by atoms with Gasteiger partial charge in [0.05, 0.1) is 8.66 Å². The Kier molecular flexibility index (Phi) is 6.05. The molecule has 1 N–H and O–H groups in total. The molecule has 0 unspecified atom stereocenters. The third kappa shape index (κ3) is 4.57. The van der Waals surface area contributed by atoms with Gasteiger partial charge in [0.1, 0.15) is 0 Å². The quantitative estimate of drug-likeness (QED) is 0.814. The van der Waals surface area contributed by atoms with Crippen molar-refractivity contribution in [3.63, 3.8) is 0 Å². The zero-order valence-electron chi connectivity index (χ0n) is 12.2. The maximum Gasteiger partial charge on any atom is 0.261 e. The molecule has 5 heteroatoms. The highest BCUT2D eigenvalue weighted by Crippen LogP contribution is 2.27. The minimum absolute atomic E-state index is 0.0519. The van der Waals surface area contributed by atoms with Gasteiger partial charge < -0.3 is 10.2 Å². The van der Waals surface area contributed by atoms with Crippen LogP contribution in [0.15, 0.2) is 9.85 Å². The van der Waals surface area contributed by atoms with E-state index in [0.717, 1.165) is 39.7 Å². The topological polar surface area (TPSA) is 32.3 Å². The third-order valence-corrected chi connectivity index (χ3v) is 6.03. The summed E-state index contributed by atoms with van der Waals surface area (Å²) in [6.45, 7) is 8.63. The first-order valence-corrected chi connectivity index (χ1v) is 8.93. The van der Waals surface area contributed by atoms with E-state index in [2.05, 4.69) is 33.1 Å². The van der Waals surface area contributed by atoms with E-state index in [1.165, 1.54) is 37.3 Å². The molecule has 1 saturated heterocycles. The van der Waals surface area contributed by atoms with Crippen molar-refractivity contribution >= 4 is 33.2 Å². The van der Waals surface area contributed by atoms with Gasteiger partial charge in [0.2, 0.25) is 0 Å². The molecule has 1 fully saturated rings.